The molecule has 0 aliphatic heterocycles. The van der Waals surface area contributed by atoms with Crippen LogP contribution in [0.5, 0.6) is 0 Å². The predicted octanol–water partition coefficient (Wildman–Crippen LogP) is 3.52. The number of thiol groups is 1. The highest BCUT2D eigenvalue weighted by atomic mass is 35.5. The number of carbonyl (C=O) groups excluding carboxylic acids is 1. The van der Waals surface area contributed by atoms with Gasteiger partial charge in [0.1, 0.15) is 5.82 Å². The molecule has 0 atom stereocenters. The average Bonchev–Trinajstić information content (AvgIpc) is 3.03. The molecule has 1 amide bonds. The highest BCUT2D eigenvalue weighted by Crippen LogP contribution is 2.49. The van der Waals surface area contributed by atoms with E-state index in [4.69, 9.17) is 11.6 Å². The van der Waals surface area contributed by atoms with Crippen molar-refractivity contribution in [3.63, 3.8) is 0 Å². The van der Waals surface area contributed by atoms with Gasteiger partial charge in [0.05, 0.1) is 5.69 Å². The largest absolute Gasteiger partial charge is 0.324 e. The summed E-state index contributed by atoms with van der Waals surface area (Å²) in [6.45, 7) is 0. The summed E-state index contributed by atoms with van der Waals surface area (Å²) in [6, 6.07) is 4.20. The fourth-order valence-corrected chi connectivity index (χ4v) is 2.28. The van der Waals surface area contributed by atoms with Gasteiger partial charge in [-0.05, 0) is 42.2 Å². The van der Waals surface area contributed by atoms with Crippen molar-refractivity contribution in [2.24, 2.45) is 5.41 Å². The first-order chi connectivity index (χ1) is 8.04. The van der Waals surface area contributed by atoms with Crippen molar-refractivity contribution in [2.75, 3.05) is 11.1 Å². The molecule has 1 aliphatic carbocycles. The third-order valence-electron chi connectivity index (χ3n) is 3.03. The van der Waals surface area contributed by atoms with Gasteiger partial charge in [-0.25, -0.2) is 4.39 Å². The molecule has 0 bridgehead atoms. The summed E-state index contributed by atoms with van der Waals surface area (Å²) in [5.74, 6) is 0.0168. The van der Waals surface area contributed by atoms with Crippen molar-refractivity contribution in [1.29, 1.82) is 0 Å². The normalized spacial score (nSPS) is 16.6. The maximum atomic E-state index is 13.4. The van der Waals surface area contributed by atoms with Crippen molar-refractivity contribution in [3.05, 3.63) is 29.0 Å². The molecular weight excluding hydrogens is 261 g/mol. The van der Waals surface area contributed by atoms with E-state index in [1.165, 1.54) is 12.1 Å². The van der Waals surface area contributed by atoms with Crippen LogP contribution in [0.2, 0.25) is 5.02 Å². The van der Waals surface area contributed by atoms with Crippen LogP contribution in [0.4, 0.5) is 10.1 Å². The first kappa shape index (κ1) is 12.7. The molecule has 2 nitrogen and oxygen atoms in total. The molecule has 0 saturated heterocycles. The van der Waals surface area contributed by atoms with Gasteiger partial charge in [-0.15, -0.1) is 0 Å². The molecule has 2 rings (SSSR count). The van der Waals surface area contributed by atoms with Gasteiger partial charge in [0.25, 0.3) is 0 Å². The van der Waals surface area contributed by atoms with Crippen LogP contribution in [0.25, 0.3) is 0 Å². The Kier molecular flexibility index (Phi) is 3.64. The summed E-state index contributed by atoms with van der Waals surface area (Å²) >= 11 is 9.86. The van der Waals surface area contributed by atoms with Crippen molar-refractivity contribution < 1.29 is 9.18 Å². The molecule has 1 aliphatic rings. The van der Waals surface area contributed by atoms with E-state index in [9.17, 15) is 9.18 Å². The van der Waals surface area contributed by atoms with Gasteiger partial charge in [0, 0.05) is 11.4 Å². The van der Waals surface area contributed by atoms with Crippen molar-refractivity contribution in [3.8, 4) is 0 Å². The van der Waals surface area contributed by atoms with Crippen LogP contribution in [0.3, 0.4) is 0 Å². The van der Waals surface area contributed by atoms with Crippen LogP contribution >= 0.6 is 24.2 Å². The summed E-state index contributed by atoms with van der Waals surface area (Å²) in [6.07, 6.45) is 2.44. The third kappa shape index (κ3) is 3.13. The van der Waals surface area contributed by atoms with E-state index in [-0.39, 0.29) is 17.0 Å². The van der Waals surface area contributed by atoms with Gasteiger partial charge >= 0.3 is 0 Å². The minimum atomic E-state index is -0.512. The molecule has 0 unspecified atom stereocenters. The van der Waals surface area contributed by atoms with E-state index in [1.54, 1.807) is 6.07 Å². The molecule has 5 heteroatoms. The Morgan fingerprint density at radius 2 is 2.24 bits per heavy atom. The van der Waals surface area contributed by atoms with Crippen LogP contribution in [-0.2, 0) is 4.79 Å². The zero-order valence-electron chi connectivity index (χ0n) is 9.17. The number of carbonyl (C=O) groups is 1. The second kappa shape index (κ2) is 4.86. The summed E-state index contributed by atoms with van der Waals surface area (Å²) in [7, 11) is 0. The van der Waals surface area contributed by atoms with Crippen molar-refractivity contribution in [2.45, 2.75) is 19.3 Å². The lowest BCUT2D eigenvalue weighted by Crippen LogP contribution is -2.18. The molecule has 0 aromatic heterocycles. The highest BCUT2D eigenvalue weighted by molar-refractivity contribution is 7.80. The predicted molar refractivity (Wildman–Crippen MR) is 70.2 cm³/mol. The Labute approximate surface area is 110 Å². The molecule has 1 fully saturated rings. The van der Waals surface area contributed by atoms with E-state index in [1.807, 2.05) is 0 Å². The molecule has 1 N–H and O–H groups in total. The highest BCUT2D eigenvalue weighted by Gasteiger charge is 2.42. The summed E-state index contributed by atoms with van der Waals surface area (Å²) in [5, 5.41) is 2.88. The molecule has 1 saturated carbocycles. The maximum absolute atomic E-state index is 13.4. The Balaban J connectivity index is 1.98. The van der Waals surface area contributed by atoms with Gasteiger partial charge in [-0.1, -0.05) is 11.6 Å². The van der Waals surface area contributed by atoms with E-state index < -0.39 is 5.82 Å². The second-order valence-electron chi connectivity index (χ2n) is 4.51. The Morgan fingerprint density at radius 1 is 1.53 bits per heavy atom. The number of benzene rings is 1. The lowest BCUT2D eigenvalue weighted by Gasteiger charge is -2.12. The molecular formula is C12H13ClFNOS. The second-order valence-corrected chi connectivity index (χ2v) is 5.26. The third-order valence-corrected chi connectivity index (χ3v) is 3.94. The zero-order chi connectivity index (χ0) is 12.5. The molecule has 0 radical (unpaired) electrons. The van der Waals surface area contributed by atoms with Gasteiger partial charge in [0.15, 0.2) is 0 Å². The van der Waals surface area contributed by atoms with Gasteiger partial charge < -0.3 is 5.32 Å². The molecule has 0 spiro atoms. The molecule has 92 valence electrons. The molecule has 1 aromatic rings. The van der Waals surface area contributed by atoms with Crippen molar-refractivity contribution >= 4 is 35.8 Å². The summed E-state index contributed by atoms with van der Waals surface area (Å²) in [5.41, 5.74) is 0.213. The van der Waals surface area contributed by atoms with Crippen LogP contribution in [0, 0.1) is 11.2 Å². The van der Waals surface area contributed by atoms with Crippen LogP contribution in [-0.4, -0.2) is 11.7 Å². The average molecular weight is 274 g/mol. The number of nitrogens with one attached hydrogen (secondary N) is 1. The Hall–Kier alpha value is -0.740. The minimum absolute atomic E-state index is 0.0378. The number of halogens is 2. The minimum Gasteiger partial charge on any atom is -0.324 e. The number of anilines is 1. The lowest BCUT2D eigenvalue weighted by atomic mass is 10.1. The maximum Gasteiger partial charge on any atom is 0.225 e. The number of hydrogen-bond donors (Lipinski definition) is 2. The Bertz CT molecular complexity index is 448. The van der Waals surface area contributed by atoms with E-state index in [0.29, 0.717) is 17.2 Å². The van der Waals surface area contributed by atoms with Gasteiger partial charge in [-0.3, -0.25) is 4.79 Å². The number of hydrogen-bond acceptors (Lipinski definition) is 2. The smallest absolute Gasteiger partial charge is 0.225 e. The summed E-state index contributed by atoms with van der Waals surface area (Å²) in [4.78, 5) is 11.7. The lowest BCUT2D eigenvalue weighted by molar-refractivity contribution is -0.117. The van der Waals surface area contributed by atoms with E-state index >= 15 is 0 Å². The Morgan fingerprint density at radius 3 is 2.76 bits per heavy atom. The SMILES string of the molecule is O=C(CC1(CS)CC1)Nc1ccc(Cl)cc1F. The first-order valence-corrected chi connectivity index (χ1v) is 6.41. The molecule has 1 aromatic carbocycles. The molecule has 17 heavy (non-hydrogen) atoms. The van der Waals surface area contributed by atoms with E-state index in [0.717, 1.165) is 12.8 Å². The van der Waals surface area contributed by atoms with Gasteiger partial charge in [0.2, 0.25) is 5.91 Å². The quantitative estimate of drug-likeness (QED) is 0.808. The van der Waals surface area contributed by atoms with E-state index in [2.05, 4.69) is 17.9 Å². The topological polar surface area (TPSA) is 29.1 Å². The molecule has 0 heterocycles. The van der Waals surface area contributed by atoms with Crippen LogP contribution < -0.4 is 5.32 Å². The van der Waals surface area contributed by atoms with Crippen LogP contribution in [0.15, 0.2) is 18.2 Å². The summed E-state index contributed by atoms with van der Waals surface area (Å²) < 4.78 is 13.4. The zero-order valence-corrected chi connectivity index (χ0v) is 10.8. The first-order valence-electron chi connectivity index (χ1n) is 5.40. The monoisotopic (exact) mass is 273 g/mol. The van der Waals surface area contributed by atoms with Crippen LogP contribution in [0.1, 0.15) is 19.3 Å². The fourth-order valence-electron chi connectivity index (χ4n) is 1.69. The van der Waals surface area contributed by atoms with Gasteiger partial charge in [-0.2, -0.15) is 12.6 Å². The fraction of sp³-hybridized carbons (Fsp3) is 0.417. The van der Waals surface area contributed by atoms with Crippen molar-refractivity contribution in [1.82, 2.24) is 0 Å². The standard InChI is InChI=1S/C12H13ClFNOS/c13-8-1-2-10(9(14)5-8)15-11(16)6-12(7-17)3-4-12/h1-2,5,17H,3-4,6-7H2,(H,15,16). The number of amides is 1. The number of rotatable bonds is 4.